The number of hydrogen-bond acceptors (Lipinski definition) is 4. The summed E-state index contributed by atoms with van der Waals surface area (Å²) in [6, 6.07) is 7.26. The number of phenols is 1. The second-order valence-electron chi connectivity index (χ2n) is 4.16. The highest BCUT2D eigenvalue weighted by Gasteiger charge is 2.24. The van der Waals surface area contributed by atoms with E-state index in [0.29, 0.717) is 0 Å². The fourth-order valence-corrected chi connectivity index (χ4v) is 2.41. The van der Waals surface area contributed by atoms with Crippen molar-refractivity contribution >= 4 is 21.6 Å². The lowest BCUT2D eigenvalue weighted by Gasteiger charge is -2.12. The summed E-state index contributed by atoms with van der Waals surface area (Å²) in [5.41, 5.74) is 5.79. The van der Waals surface area contributed by atoms with Crippen LogP contribution in [0.5, 0.6) is 5.75 Å². The zero-order valence-corrected chi connectivity index (χ0v) is 11.0. The molecule has 5 heteroatoms. The number of phenolic OH excluding ortho intramolecular Hbond substituents is 1. The largest absolute Gasteiger partial charge is 0.508 e. The topological polar surface area (TPSA) is 57.8 Å². The van der Waals surface area contributed by atoms with E-state index in [1.807, 2.05) is 18.2 Å². The molecule has 0 saturated heterocycles. The number of nitrogens with one attached hydrogen (secondary N) is 1. The van der Waals surface area contributed by atoms with Crippen LogP contribution in [0.1, 0.15) is 23.6 Å². The molecule has 0 spiro atoms. The number of nitrogens with zero attached hydrogens (tertiary/aromatic N) is 1. The third-order valence-corrected chi connectivity index (χ3v) is 3.47. The van der Waals surface area contributed by atoms with Crippen molar-refractivity contribution < 1.29 is 9.52 Å². The first kappa shape index (κ1) is 11.3. The van der Waals surface area contributed by atoms with Gasteiger partial charge in [0.15, 0.2) is 0 Å². The summed E-state index contributed by atoms with van der Waals surface area (Å²) < 4.78 is 5.98. The standard InChI is InChI=1S/C13H11BrN2O2/c14-9-1-2-13(17)10(5-9)12-6-11(15-16-12)8-3-4-18-7-8/h1-5,7,12,16-17H,6H2/t12-/m0/s1. The molecular weight excluding hydrogens is 296 g/mol. The molecule has 92 valence electrons. The van der Waals surface area contributed by atoms with Crippen LogP contribution in [0.4, 0.5) is 0 Å². The van der Waals surface area contributed by atoms with Gasteiger partial charge in [-0.05, 0) is 24.3 Å². The molecule has 0 amide bonds. The van der Waals surface area contributed by atoms with E-state index in [4.69, 9.17) is 4.42 Å². The molecule has 2 N–H and O–H groups in total. The Morgan fingerprint density at radius 1 is 1.39 bits per heavy atom. The van der Waals surface area contributed by atoms with Crippen molar-refractivity contribution in [1.82, 2.24) is 5.43 Å². The van der Waals surface area contributed by atoms with Gasteiger partial charge in [0.25, 0.3) is 0 Å². The molecule has 0 unspecified atom stereocenters. The van der Waals surface area contributed by atoms with Gasteiger partial charge in [0.2, 0.25) is 0 Å². The lowest BCUT2D eigenvalue weighted by Crippen LogP contribution is -2.10. The van der Waals surface area contributed by atoms with E-state index < -0.39 is 0 Å². The highest BCUT2D eigenvalue weighted by Crippen LogP contribution is 2.32. The lowest BCUT2D eigenvalue weighted by molar-refractivity contribution is 0.455. The van der Waals surface area contributed by atoms with Crippen LogP contribution in [0.25, 0.3) is 0 Å². The molecular formula is C13H11BrN2O2. The van der Waals surface area contributed by atoms with Crippen molar-refractivity contribution in [3.63, 3.8) is 0 Å². The molecule has 2 heterocycles. The normalized spacial score (nSPS) is 18.5. The predicted octanol–water partition coefficient (Wildman–Crippen LogP) is 3.19. The smallest absolute Gasteiger partial charge is 0.120 e. The van der Waals surface area contributed by atoms with Crippen molar-refractivity contribution in [2.24, 2.45) is 5.10 Å². The van der Waals surface area contributed by atoms with Gasteiger partial charge in [0.05, 0.1) is 24.3 Å². The van der Waals surface area contributed by atoms with Crippen LogP contribution in [0.15, 0.2) is 50.8 Å². The maximum absolute atomic E-state index is 9.88. The molecule has 4 nitrogen and oxygen atoms in total. The zero-order valence-electron chi connectivity index (χ0n) is 9.43. The van der Waals surface area contributed by atoms with Gasteiger partial charge in [-0.15, -0.1) is 0 Å². The molecule has 1 aliphatic heterocycles. The van der Waals surface area contributed by atoms with E-state index in [-0.39, 0.29) is 11.8 Å². The summed E-state index contributed by atoms with van der Waals surface area (Å²) in [5.74, 6) is 0.277. The average molecular weight is 307 g/mol. The van der Waals surface area contributed by atoms with Crippen LogP contribution in [0.3, 0.4) is 0 Å². The molecule has 0 fully saturated rings. The molecule has 18 heavy (non-hydrogen) atoms. The molecule has 2 aromatic rings. The van der Waals surface area contributed by atoms with Gasteiger partial charge in [0, 0.05) is 22.0 Å². The number of benzene rings is 1. The number of rotatable bonds is 2. The first-order chi connectivity index (χ1) is 8.74. The fourth-order valence-electron chi connectivity index (χ4n) is 2.04. The Bertz CT molecular complexity index is 593. The van der Waals surface area contributed by atoms with Crippen LogP contribution in [0, 0.1) is 0 Å². The Morgan fingerprint density at radius 3 is 3.06 bits per heavy atom. The molecule has 0 bridgehead atoms. The molecule has 0 aliphatic carbocycles. The maximum Gasteiger partial charge on any atom is 0.120 e. The highest BCUT2D eigenvalue weighted by molar-refractivity contribution is 9.10. The minimum Gasteiger partial charge on any atom is -0.508 e. The third-order valence-electron chi connectivity index (χ3n) is 2.97. The SMILES string of the molecule is Oc1ccc(Br)cc1[C@@H]1CC(c2ccoc2)=NN1. The molecule has 1 atom stereocenters. The molecule has 0 saturated carbocycles. The number of aromatic hydroxyl groups is 1. The van der Waals surface area contributed by atoms with Gasteiger partial charge >= 0.3 is 0 Å². The Hall–Kier alpha value is -1.75. The molecule has 1 aromatic carbocycles. The van der Waals surface area contributed by atoms with E-state index in [2.05, 4.69) is 26.5 Å². The molecule has 1 aromatic heterocycles. The van der Waals surface area contributed by atoms with Gasteiger partial charge in [-0.25, -0.2) is 0 Å². The van der Waals surface area contributed by atoms with Crippen LogP contribution in [0.2, 0.25) is 0 Å². The summed E-state index contributed by atoms with van der Waals surface area (Å²) >= 11 is 3.41. The number of furan rings is 1. The second-order valence-corrected chi connectivity index (χ2v) is 5.08. The van der Waals surface area contributed by atoms with Crippen LogP contribution >= 0.6 is 15.9 Å². The Morgan fingerprint density at radius 2 is 2.28 bits per heavy atom. The van der Waals surface area contributed by atoms with Gasteiger partial charge in [-0.3, -0.25) is 0 Å². The molecule has 0 radical (unpaired) electrons. The zero-order chi connectivity index (χ0) is 12.5. The van der Waals surface area contributed by atoms with Crippen LogP contribution in [-0.2, 0) is 0 Å². The second kappa shape index (κ2) is 4.49. The number of halogens is 1. The van der Waals surface area contributed by atoms with Crippen LogP contribution in [-0.4, -0.2) is 10.8 Å². The quantitative estimate of drug-likeness (QED) is 0.896. The molecule has 3 rings (SSSR count). The van der Waals surface area contributed by atoms with Crippen molar-refractivity contribution in [3.05, 3.63) is 52.4 Å². The summed E-state index contributed by atoms with van der Waals surface area (Å²) in [6.07, 6.45) is 4.02. The molecule has 1 aliphatic rings. The van der Waals surface area contributed by atoms with E-state index in [1.165, 1.54) is 0 Å². The van der Waals surface area contributed by atoms with Crippen molar-refractivity contribution in [2.75, 3.05) is 0 Å². The van der Waals surface area contributed by atoms with Gasteiger partial charge < -0.3 is 14.9 Å². The first-order valence-corrected chi connectivity index (χ1v) is 6.36. The van der Waals surface area contributed by atoms with Gasteiger partial charge in [-0.2, -0.15) is 5.10 Å². The highest BCUT2D eigenvalue weighted by atomic mass is 79.9. The van der Waals surface area contributed by atoms with E-state index in [0.717, 1.165) is 27.7 Å². The predicted molar refractivity (Wildman–Crippen MR) is 71.5 cm³/mol. The minimum atomic E-state index is -0.00704. The minimum absolute atomic E-state index is 0.00704. The fraction of sp³-hybridized carbons (Fsp3) is 0.154. The Labute approximate surface area is 112 Å². The van der Waals surface area contributed by atoms with Crippen molar-refractivity contribution in [2.45, 2.75) is 12.5 Å². The summed E-state index contributed by atoms with van der Waals surface area (Å²) in [7, 11) is 0. The van der Waals surface area contributed by atoms with E-state index >= 15 is 0 Å². The third kappa shape index (κ3) is 2.01. The monoisotopic (exact) mass is 306 g/mol. The Balaban J connectivity index is 1.84. The number of hydrazone groups is 1. The van der Waals surface area contributed by atoms with Crippen LogP contribution < -0.4 is 5.43 Å². The summed E-state index contributed by atoms with van der Waals surface area (Å²) in [6.45, 7) is 0. The number of hydrogen-bond donors (Lipinski definition) is 2. The van der Waals surface area contributed by atoms with E-state index in [1.54, 1.807) is 18.6 Å². The summed E-state index contributed by atoms with van der Waals surface area (Å²) in [5, 5.41) is 14.2. The summed E-state index contributed by atoms with van der Waals surface area (Å²) in [4.78, 5) is 0. The van der Waals surface area contributed by atoms with Crippen molar-refractivity contribution in [1.29, 1.82) is 0 Å². The lowest BCUT2D eigenvalue weighted by atomic mass is 10.00. The Kier molecular flexibility index (Phi) is 2.83. The van der Waals surface area contributed by atoms with Gasteiger partial charge in [0.1, 0.15) is 5.75 Å². The maximum atomic E-state index is 9.88. The average Bonchev–Trinajstić information content (AvgIpc) is 3.00. The first-order valence-electron chi connectivity index (χ1n) is 5.57. The van der Waals surface area contributed by atoms with Crippen molar-refractivity contribution in [3.8, 4) is 5.75 Å². The van der Waals surface area contributed by atoms with E-state index in [9.17, 15) is 5.11 Å². The van der Waals surface area contributed by atoms with Gasteiger partial charge in [-0.1, -0.05) is 15.9 Å².